The molecule has 90 valence electrons. The number of hydrogen-bond donors (Lipinski definition) is 1. The summed E-state index contributed by atoms with van der Waals surface area (Å²) < 4.78 is 5.27. The fourth-order valence-corrected chi connectivity index (χ4v) is 1.50. The summed E-state index contributed by atoms with van der Waals surface area (Å²) in [5, 5.41) is 10.0. The zero-order valence-corrected chi connectivity index (χ0v) is 11.1. The number of hydrogen-bond acceptors (Lipinski definition) is 2. The van der Waals surface area contributed by atoms with Crippen LogP contribution in [0.2, 0.25) is 0 Å². The lowest BCUT2D eigenvalue weighted by molar-refractivity contribution is 0.0782. The van der Waals surface area contributed by atoms with Gasteiger partial charge in [0.15, 0.2) is 0 Å². The van der Waals surface area contributed by atoms with Gasteiger partial charge in [-0.05, 0) is 42.5 Å². The summed E-state index contributed by atoms with van der Waals surface area (Å²) in [6, 6.07) is 5.95. The monoisotopic (exact) mass is 222 g/mol. The van der Waals surface area contributed by atoms with Gasteiger partial charge in [-0.3, -0.25) is 0 Å². The Kier molecular flexibility index (Phi) is 3.34. The molecule has 0 fully saturated rings. The first-order chi connectivity index (χ1) is 7.14. The summed E-state index contributed by atoms with van der Waals surface area (Å²) in [7, 11) is 1.65. The van der Waals surface area contributed by atoms with Crippen LogP contribution < -0.4 is 4.74 Å². The average molecular weight is 222 g/mol. The predicted molar refractivity (Wildman–Crippen MR) is 66.9 cm³/mol. The van der Waals surface area contributed by atoms with Gasteiger partial charge in [-0.2, -0.15) is 0 Å². The molecular formula is C14H22O2. The highest BCUT2D eigenvalue weighted by molar-refractivity contribution is 5.39. The van der Waals surface area contributed by atoms with E-state index in [1.54, 1.807) is 21.0 Å². The van der Waals surface area contributed by atoms with E-state index < -0.39 is 5.60 Å². The molecule has 0 amide bonds. The largest absolute Gasteiger partial charge is 0.497 e. The second-order valence-electron chi connectivity index (χ2n) is 5.76. The van der Waals surface area contributed by atoms with E-state index >= 15 is 0 Å². The van der Waals surface area contributed by atoms with E-state index in [1.165, 1.54) is 5.56 Å². The van der Waals surface area contributed by atoms with Crippen LogP contribution in [-0.2, 0) is 11.0 Å². The highest BCUT2D eigenvalue weighted by Gasteiger charge is 2.21. The third-order valence-electron chi connectivity index (χ3n) is 2.71. The fraction of sp³-hybridized carbons (Fsp3) is 0.571. The predicted octanol–water partition coefficient (Wildman–Crippen LogP) is 3.22. The van der Waals surface area contributed by atoms with Gasteiger partial charge in [-0.1, -0.05) is 26.8 Å². The van der Waals surface area contributed by atoms with Crippen molar-refractivity contribution in [3.05, 3.63) is 29.3 Å². The third kappa shape index (κ3) is 2.99. The smallest absolute Gasteiger partial charge is 0.119 e. The van der Waals surface area contributed by atoms with Gasteiger partial charge < -0.3 is 9.84 Å². The van der Waals surface area contributed by atoms with Crippen molar-refractivity contribution in [2.24, 2.45) is 0 Å². The molecule has 0 spiro atoms. The zero-order chi connectivity index (χ0) is 12.6. The molecule has 0 atom stereocenters. The normalized spacial score (nSPS) is 12.7. The molecule has 0 unspecified atom stereocenters. The average Bonchev–Trinajstić information content (AvgIpc) is 2.14. The molecule has 0 saturated heterocycles. The van der Waals surface area contributed by atoms with E-state index in [1.807, 2.05) is 18.2 Å². The molecule has 1 rings (SSSR count). The van der Waals surface area contributed by atoms with Gasteiger partial charge in [0.05, 0.1) is 12.7 Å². The first-order valence-corrected chi connectivity index (χ1v) is 5.57. The first-order valence-electron chi connectivity index (χ1n) is 5.57. The molecule has 0 heterocycles. The van der Waals surface area contributed by atoms with Crippen LogP contribution in [0.15, 0.2) is 18.2 Å². The molecule has 0 aliphatic carbocycles. The Hall–Kier alpha value is -1.02. The van der Waals surface area contributed by atoms with Crippen LogP contribution in [0.3, 0.4) is 0 Å². The van der Waals surface area contributed by atoms with Crippen molar-refractivity contribution in [2.75, 3.05) is 7.11 Å². The maximum atomic E-state index is 10.0. The summed E-state index contributed by atoms with van der Waals surface area (Å²) in [5.41, 5.74) is 1.27. The molecular weight excluding hydrogens is 200 g/mol. The van der Waals surface area contributed by atoms with Gasteiger partial charge in [-0.15, -0.1) is 0 Å². The van der Waals surface area contributed by atoms with Crippen molar-refractivity contribution in [1.82, 2.24) is 0 Å². The summed E-state index contributed by atoms with van der Waals surface area (Å²) in [6.07, 6.45) is 0. The van der Waals surface area contributed by atoms with Crippen LogP contribution in [0.1, 0.15) is 45.7 Å². The zero-order valence-electron chi connectivity index (χ0n) is 11.1. The topological polar surface area (TPSA) is 29.5 Å². The number of methoxy groups -OCH3 is 1. The van der Waals surface area contributed by atoms with Crippen LogP contribution in [0.25, 0.3) is 0 Å². The van der Waals surface area contributed by atoms with Crippen LogP contribution >= 0.6 is 0 Å². The Labute approximate surface area is 98.3 Å². The van der Waals surface area contributed by atoms with Crippen LogP contribution in [0.5, 0.6) is 5.75 Å². The molecule has 16 heavy (non-hydrogen) atoms. The highest BCUT2D eigenvalue weighted by atomic mass is 16.5. The Morgan fingerprint density at radius 2 is 1.44 bits per heavy atom. The molecule has 0 bridgehead atoms. The third-order valence-corrected chi connectivity index (χ3v) is 2.71. The summed E-state index contributed by atoms with van der Waals surface area (Å²) in [6.45, 7) is 10.0. The van der Waals surface area contributed by atoms with Crippen LogP contribution in [0.4, 0.5) is 0 Å². The Morgan fingerprint density at radius 3 is 1.81 bits per heavy atom. The minimum atomic E-state index is -0.839. The van der Waals surface area contributed by atoms with Gasteiger partial charge in [0.1, 0.15) is 5.75 Å². The quantitative estimate of drug-likeness (QED) is 0.832. The van der Waals surface area contributed by atoms with Crippen molar-refractivity contribution in [3.63, 3.8) is 0 Å². The lowest BCUT2D eigenvalue weighted by Gasteiger charge is -2.25. The standard InChI is InChI=1S/C14H22O2/c1-13(2,3)10-7-11(14(4,5)15)9-12(8-10)16-6/h7-9,15H,1-6H3. The molecule has 1 aromatic rings. The van der Waals surface area contributed by atoms with E-state index in [0.717, 1.165) is 11.3 Å². The number of rotatable bonds is 2. The number of benzene rings is 1. The lowest BCUT2D eigenvalue weighted by Crippen LogP contribution is -2.18. The minimum Gasteiger partial charge on any atom is -0.497 e. The van der Waals surface area contributed by atoms with Gasteiger partial charge in [0.25, 0.3) is 0 Å². The van der Waals surface area contributed by atoms with Crippen molar-refractivity contribution in [1.29, 1.82) is 0 Å². The molecule has 0 aromatic heterocycles. The van der Waals surface area contributed by atoms with Gasteiger partial charge in [0, 0.05) is 0 Å². The van der Waals surface area contributed by atoms with E-state index in [4.69, 9.17) is 4.74 Å². The maximum absolute atomic E-state index is 10.0. The van der Waals surface area contributed by atoms with E-state index in [2.05, 4.69) is 20.8 Å². The molecule has 0 aliphatic heterocycles. The van der Waals surface area contributed by atoms with Crippen LogP contribution in [-0.4, -0.2) is 12.2 Å². The number of ether oxygens (including phenoxy) is 1. The van der Waals surface area contributed by atoms with E-state index in [9.17, 15) is 5.11 Å². The second-order valence-corrected chi connectivity index (χ2v) is 5.76. The SMILES string of the molecule is COc1cc(C(C)(C)C)cc(C(C)(C)O)c1. The summed E-state index contributed by atoms with van der Waals surface area (Å²) >= 11 is 0. The van der Waals surface area contributed by atoms with E-state index in [0.29, 0.717) is 0 Å². The molecule has 1 N–H and O–H groups in total. The van der Waals surface area contributed by atoms with Crippen molar-refractivity contribution < 1.29 is 9.84 Å². The second kappa shape index (κ2) is 4.10. The van der Waals surface area contributed by atoms with Gasteiger partial charge in [-0.25, -0.2) is 0 Å². The molecule has 0 radical (unpaired) electrons. The molecule has 2 heteroatoms. The van der Waals surface area contributed by atoms with Crippen molar-refractivity contribution in [2.45, 2.75) is 45.6 Å². The van der Waals surface area contributed by atoms with E-state index in [-0.39, 0.29) is 5.41 Å². The molecule has 2 nitrogen and oxygen atoms in total. The van der Waals surface area contributed by atoms with Gasteiger partial charge >= 0.3 is 0 Å². The minimum absolute atomic E-state index is 0.0501. The Balaban J connectivity index is 3.33. The molecule has 0 aliphatic rings. The Bertz CT molecular complexity index is 335. The van der Waals surface area contributed by atoms with Gasteiger partial charge in [0.2, 0.25) is 0 Å². The fourth-order valence-electron chi connectivity index (χ4n) is 1.50. The number of aliphatic hydroxyl groups is 1. The first kappa shape index (κ1) is 13.0. The molecule has 0 saturated carbocycles. The van der Waals surface area contributed by atoms with Crippen molar-refractivity contribution >= 4 is 0 Å². The summed E-state index contributed by atoms with van der Waals surface area (Å²) in [5.74, 6) is 0.796. The lowest BCUT2D eigenvalue weighted by atomic mass is 9.84. The van der Waals surface area contributed by atoms with Crippen molar-refractivity contribution in [3.8, 4) is 5.75 Å². The maximum Gasteiger partial charge on any atom is 0.119 e. The molecule has 1 aromatic carbocycles. The Morgan fingerprint density at radius 1 is 0.938 bits per heavy atom. The highest BCUT2D eigenvalue weighted by Crippen LogP contribution is 2.31. The summed E-state index contributed by atoms with van der Waals surface area (Å²) in [4.78, 5) is 0. The van der Waals surface area contributed by atoms with Crippen LogP contribution in [0, 0.1) is 0 Å².